The van der Waals surface area contributed by atoms with Crippen molar-refractivity contribution >= 4 is 11.9 Å². The fourth-order valence-electron chi connectivity index (χ4n) is 4.05. The van der Waals surface area contributed by atoms with E-state index >= 15 is 0 Å². The molecule has 172 valence electrons. The molecule has 0 radical (unpaired) electrons. The fourth-order valence-corrected chi connectivity index (χ4v) is 4.05. The zero-order valence-electron chi connectivity index (χ0n) is 18.6. The molecule has 5 atom stereocenters. The van der Waals surface area contributed by atoms with Gasteiger partial charge < -0.3 is 28.4 Å². The maximum Gasteiger partial charge on any atom is 0.303 e. The van der Waals surface area contributed by atoms with Crippen LogP contribution in [0.4, 0.5) is 0 Å². The number of rotatable bonds is 9. The number of fused-ring (bicyclic) bond motifs is 1. The number of aryl methyl sites for hydroxylation is 1. The van der Waals surface area contributed by atoms with E-state index in [4.69, 9.17) is 28.4 Å². The summed E-state index contributed by atoms with van der Waals surface area (Å²) in [5.41, 5.74) is 1.17. The van der Waals surface area contributed by atoms with Crippen LogP contribution >= 0.6 is 0 Å². The third-order valence-electron chi connectivity index (χ3n) is 5.59. The molecule has 2 heterocycles. The minimum atomic E-state index is -0.798. The Morgan fingerprint density at radius 2 is 1.74 bits per heavy atom. The van der Waals surface area contributed by atoms with Crippen molar-refractivity contribution in [1.82, 2.24) is 0 Å². The van der Waals surface area contributed by atoms with Gasteiger partial charge in [-0.1, -0.05) is 19.9 Å². The van der Waals surface area contributed by atoms with E-state index in [2.05, 4.69) is 0 Å². The second-order valence-corrected chi connectivity index (χ2v) is 7.97. The van der Waals surface area contributed by atoms with E-state index in [1.165, 1.54) is 19.4 Å². The number of hydrogen-bond acceptors (Lipinski definition) is 8. The predicted molar refractivity (Wildman–Crippen MR) is 111 cm³/mol. The molecule has 31 heavy (non-hydrogen) atoms. The lowest BCUT2D eigenvalue weighted by molar-refractivity contribution is -0.290. The Labute approximate surface area is 183 Å². The average Bonchev–Trinajstić information content (AvgIpc) is 3.19. The molecule has 0 N–H and O–H groups in total. The molecule has 0 saturated carbocycles. The minimum Gasteiger partial charge on any atom is -0.458 e. The van der Waals surface area contributed by atoms with Gasteiger partial charge in [0.05, 0.1) is 6.10 Å². The molecule has 0 aliphatic carbocycles. The number of carbonyl (C=O) groups is 2. The van der Waals surface area contributed by atoms with Crippen molar-refractivity contribution in [3.8, 4) is 11.5 Å². The molecule has 0 aromatic heterocycles. The van der Waals surface area contributed by atoms with Crippen LogP contribution in [-0.2, 0) is 35.0 Å². The first-order valence-corrected chi connectivity index (χ1v) is 10.9. The van der Waals surface area contributed by atoms with Gasteiger partial charge in [0.2, 0.25) is 6.79 Å². The molecule has 0 bridgehead atoms. The Hall–Kier alpha value is -2.32. The second-order valence-electron chi connectivity index (χ2n) is 7.97. The van der Waals surface area contributed by atoms with E-state index in [0.717, 1.165) is 37.2 Å². The predicted octanol–water partition coefficient (Wildman–Crippen LogP) is 3.39. The van der Waals surface area contributed by atoms with Crippen molar-refractivity contribution < 1.29 is 38.0 Å². The molecule has 8 heteroatoms. The summed E-state index contributed by atoms with van der Waals surface area (Å²) in [5, 5.41) is 0. The maximum absolute atomic E-state index is 11.7. The lowest BCUT2D eigenvalue weighted by atomic mass is 9.89. The summed E-state index contributed by atoms with van der Waals surface area (Å²) in [7, 11) is 0. The molecule has 0 unspecified atom stereocenters. The summed E-state index contributed by atoms with van der Waals surface area (Å²) < 4.78 is 33.7. The summed E-state index contributed by atoms with van der Waals surface area (Å²) in [5.74, 6) is 0.548. The van der Waals surface area contributed by atoms with E-state index in [-0.39, 0.29) is 18.8 Å². The highest BCUT2D eigenvalue weighted by molar-refractivity contribution is 5.67. The Morgan fingerprint density at radius 3 is 2.45 bits per heavy atom. The number of carbonyl (C=O) groups excluding carboxylic acids is 2. The first kappa shape index (κ1) is 23.3. The van der Waals surface area contributed by atoms with Crippen molar-refractivity contribution in [1.29, 1.82) is 0 Å². The van der Waals surface area contributed by atoms with E-state index < -0.39 is 30.4 Å². The van der Waals surface area contributed by atoms with Gasteiger partial charge in [-0.3, -0.25) is 9.59 Å². The molecule has 1 saturated heterocycles. The number of unbranched alkanes of at least 4 members (excludes halogenated alkanes) is 1. The first-order chi connectivity index (χ1) is 14.9. The quantitative estimate of drug-likeness (QED) is 0.430. The van der Waals surface area contributed by atoms with Gasteiger partial charge >= 0.3 is 11.9 Å². The van der Waals surface area contributed by atoms with Crippen molar-refractivity contribution in [3.05, 3.63) is 23.8 Å². The van der Waals surface area contributed by atoms with Gasteiger partial charge in [0.1, 0.15) is 6.10 Å². The molecular weight excluding hydrogens is 404 g/mol. The highest BCUT2D eigenvalue weighted by Crippen LogP contribution is 2.34. The highest BCUT2D eigenvalue weighted by Gasteiger charge is 2.47. The third kappa shape index (κ3) is 6.11. The largest absolute Gasteiger partial charge is 0.458 e. The number of benzene rings is 1. The summed E-state index contributed by atoms with van der Waals surface area (Å²) in [6.07, 6.45) is 0.970. The molecule has 1 aromatic rings. The molecule has 1 aromatic carbocycles. The summed E-state index contributed by atoms with van der Waals surface area (Å²) in [6, 6.07) is 5.96. The molecule has 8 nitrogen and oxygen atoms in total. The molecule has 1 fully saturated rings. The summed E-state index contributed by atoms with van der Waals surface area (Å²) in [6.45, 7) is 7.30. The molecule has 0 spiro atoms. The molecule has 0 amide bonds. The van der Waals surface area contributed by atoms with E-state index in [1.54, 1.807) is 0 Å². The van der Waals surface area contributed by atoms with Crippen molar-refractivity contribution in [2.45, 2.75) is 78.0 Å². The molecule has 3 rings (SSSR count). The van der Waals surface area contributed by atoms with Gasteiger partial charge in [-0.2, -0.15) is 0 Å². The van der Waals surface area contributed by atoms with Crippen LogP contribution in [0.5, 0.6) is 11.5 Å². The van der Waals surface area contributed by atoms with Gasteiger partial charge in [-0.05, 0) is 43.4 Å². The van der Waals surface area contributed by atoms with Crippen LogP contribution < -0.4 is 9.47 Å². The second kappa shape index (κ2) is 10.8. The summed E-state index contributed by atoms with van der Waals surface area (Å²) >= 11 is 0. The van der Waals surface area contributed by atoms with Gasteiger partial charge in [-0.25, -0.2) is 0 Å². The average molecular weight is 437 g/mol. The number of ether oxygens (including phenoxy) is 6. The standard InChI is InChI=1S/C23H32O8/c1-5-18-14(2)21(29-15(3)24)22(30-16(4)25)23(31-18)26-11-7-6-8-17-9-10-19-20(12-17)28-13-27-19/h9-10,12,14,18,21-23H,5-8,11,13H2,1-4H3/t14-,18-,21+,22-,23-/m1/s1. The van der Waals surface area contributed by atoms with Crippen LogP contribution in [0.15, 0.2) is 18.2 Å². The smallest absolute Gasteiger partial charge is 0.303 e. The molecule has 2 aliphatic rings. The fraction of sp³-hybridized carbons (Fsp3) is 0.652. The lowest BCUT2D eigenvalue weighted by Gasteiger charge is -2.43. The van der Waals surface area contributed by atoms with Crippen molar-refractivity contribution in [2.75, 3.05) is 13.4 Å². The maximum atomic E-state index is 11.7. The monoisotopic (exact) mass is 436 g/mol. The Bertz CT molecular complexity index is 764. The number of esters is 2. The SMILES string of the molecule is CC[C@H]1O[C@@H](OCCCCc2ccc3c(c2)OCO3)[C@H](OC(C)=O)[C@@H](OC(C)=O)[C@@H]1C. The minimum absolute atomic E-state index is 0.121. The van der Waals surface area contributed by atoms with Crippen LogP contribution in [0.2, 0.25) is 0 Å². The first-order valence-electron chi connectivity index (χ1n) is 10.9. The van der Waals surface area contributed by atoms with Crippen LogP contribution in [0.25, 0.3) is 0 Å². The highest BCUT2D eigenvalue weighted by atomic mass is 16.7. The van der Waals surface area contributed by atoms with Crippen LogP contribution in [0.1, 0.15) is 52.5 Å². The van der Waals surface area contributed by atoms with E-state index in [1.807, 2.05) is 32.0 Å². The number of hydrogen-bond donors (Lipinski definition) is 0. The zero-order valence-corrected chi connectivity index (χ0v) is 18.6. The van der Waals surface area contributed by atoms with Crippen LogP contribution in [-0.4, -0.2) is 49.9 Å². The van der Waals surface area contributed by atoms with Gasteiger partial charge in [-0.15, -0.1) is 0 Å². The van der Waals surface area contributed by atoms with Crippen molar-refractivity contribution in [2.24, 2.45) is 5.92 Å². The third-order valence-corrected chi connectivity index (χ3v) is 5.59. The van der Waals surface area contributed by atoms with Gasteiger partial charge in [0.25, 0.3) is 0 Å². The van der Waals surface area contributed by atoms with E-state index in [9.17, 15) is 9.59 Å². The summed E-state index contributed by atoms with van der Waals surface area (Å²) in [4.78, 5) is 23.3. The van der Waals surface area contributed by atoms with Gasteiger partial charge in [0.15, 0.2) is 23.9 Å². The Kier molecular flexibility index (Phi) is 8.15. The van der Waals surface area contributed by atoms with Crippen molar-refractivity contribution in [3.63, 3.8) is 0 Å². The van der Waals surface area contributed by atoms with E-state index in [0.29, 0.717) is 6.61 Å². The Balaban J connectivity index is 1.54. The zero-order chi connectivity index (χ0) is 22.4. The van der Waals surface area contributed by atoms with Crippen LogP contribution in [0, 0.1) is 5.92 Å². The Morgan fingerprint density at radius 1 is 1.03 bits per heavy atom. The lowest BCUT2D eigenvalue weighted by Crippen LogP contribution is -2.57. The normalized spacial score (nSPS) is 27.0. The molecule has 2 aliphatic heterocycles. The van der Waals surface area contributed by atoms with Gasteiger partial charge in [0, 0.05) is 26.4 Å². The van der Waals surface area contributed by atoms with Crippen LogP contribution in [0.3, 0.4) is 0 Å². The molecular formula is C23H32O8. The topological polar surface area (TPSA) is 89.5 Å².